The van der Waals surface area contributed by atoms with E-state index in [0.29, 0.717) is 34.1 Å². The number of nitrogens with two attached hydrogens (primary N) is 1. The van der Waals surface area contributed by atoms with Crippen LogP contribution in [0.2, 0.25) is 0 Å². The van der Waals surface area contributed by atoms with Crippen LogP contribution in [0, 0.1) is 6.92 Å². The van der Waals surface area contributed by atoms with Crippen molar-refractivity contribution in [3.8, 4) is 0 Å². The fourth-order valence-electron chi connectivity index (χ4n) is 3.23. The lowest BCUT2D eigenvalue weighted by Gasteiger charge is -2.20. The van der Waals surface area contributed by atoms with Gasteiger partial charge in [0, 0.05) is 18.8 Å². The Morgan fingerprint density at radius 1 is 1.29 bits per heavy atom. The van der Waals surface area contributed by atoms with Gasteiger partial charge in [-0.2, -0.15) is 5.10 Å². The van der Waals surface area contributed by atoms with Gasteiger partial charge >= 0.3 is 0 Å². The first-order valence-electron chi connectivity index (χ1n) is 7.52. The number of amidine groups is 1. The van der Waals surface area contributed by atoms with Crippen LogP contribution in [0.25, 0.3) is 11.0 Å². The molecule has 2 aliphatic rings. The van der Waals surface area contributed by atoms with Crippen molar-refractivity contribution in [2.24, 2.45) is 10.8 Å². The van der Waals surface area contributed by atoms with Gasteiger partial charge < -0.3 is 30.4 Å². The molecule has 0 aliphatic carbocycles. The number of aromatic nitrogens is 3. The number of nitrogens with zero attached hydrogens (tertiary/aromatic N) is 5. The molecule has 4 heterocycles. The highest BCUT2D eigenvalue weighted by molar-refractivity contribution is 6.14. The molecule has 128 valence electrons. The highest BCUT2D eigenvalue weighted by Crippen LogP contribution is 2.37. The second kappa shape index (κ2) is 5.11. The molecule has 0 spiro atoms. The Bertz CT molecular complexity index is 849. The molecule has 0 saturated carbocycles. The van der Waals surface area contributed by atoms with E-state index < -0.39 is 31.1 Å². The zero-order chi connectivity index (χ0) is 17.2. The van der Waals surface area contributed by atoms with E-state index >= 15 is 0 Å². The summed E-state index contributed by atoms with van der Waals surface area (Å²) in [5, 5.41) is 36.1. The van der Waals surface area contributed by atoms with Crippen molar-refractivity contribution in [3.63, 3.8) is 0 Å². The Kier molecular flexibility index (Phi) is 3.25. The van der Waals surface area contributed by atoms with Crippen LogP contribution in [0.4, 0.5) is 5.82 Å². The molecule has 0 aromatic carbocycles. The molecule has 1 fully saturated rings. The van der Waals surface area contributed by atoms with E-state index in [9.17, 15) is 15.3 Å². The van der Waals surface area contributed by atoms with E-state index in [0.717, 1.165) is 0 Å². The lowest BCUT2D eigenvalue weighted by molar-refractivity contribution is -0.0508. The Morgan fingerprint density at radius 3 is 2.71 bits per heavy atom. The normalized spacial score (nSPS) is 29.4. The van der Waals surface area contributed by atoms with Gasteiger partial charge in [-0.3, -0.25) is 0 Å². The number of hydrazone groups is 1. The summed E-state index contributed by atoms with van der Waals surface area (Å²) in [6.07, 6.45) is -2.49. The first-order chi connectivity index (χ1) is 11.4. The minimum absolute atomic E-state index is 0.299. The topological polar surface area (TPSA) is 142 Å². The van der Waals surface area contributed by atoms with E-state index in [-0.39, 0.29) is 0 Å². The third-order valence-electron chi connectivity index (χ3n) is 4.40. The van der Waals surface area contributed by atoms with Gasteiger partial charge in [0.2, 0.25) is 0 Å². The van der Waals surface area contributed by atoms with Gasteiger partial charge in [0.25, 0.3) is 0 Å². The van der Waals surface area contributed by atoms with Crippen molar-refractivity contribution in [2.45, 2.75) is 31.5 Å². The molecule has 0 amide bonds. The Labute approximate surface area is 136 Å². The molecule has 1 saturated heterocycles. The first-order valence-corrected chi connectivity index (χ1v) is 7.52. The number of hydrogen-bond acceptors (Lipinski definition) is 9. The minimum atomic E-state index is -1.21. The SMILES string of the molecule is Cc1nc2c3c(cn([C@@H]4O[C@H](CO)[C@@H](O)[C@H]4O)c3n1)C(N)=NN2C. The lowest BCUT2D eigenvalue weighted by atomic mass is 10.1. The highest BCUT2D eigenvalue weighted by Gasteiger charge is 2.44. The van der Waals surface area contributed by atoms with Crippen molar-refractivity contribution in [2.75, 3.05) is 18.7 Å². The third-order valence-corrected chi connectivity index (χ3v) is 4.40. The zero-order valence-corrected chi connectivity index (χ0v) is 13.2. The molecule has 2 aromatic rings. The van der Waals surface area contributed by atoms with Crippen molar-refractivity contribution in [3.05, 3.63) is 17.6 Å². The average Bonchev–Trinajstić information content (AvgIpc) is 3.05. The second-order valence-corrected chi connectivity index (χ2v) is 5.98. The van der Waals surface area contributed by atoms with Crippen molar-refractivity contribution in [1.29, 1.82) is 0 Å². The summed E-state index contributed by atoms with van der Waals surface area (Å²) in [5.41, 5.74) is 7.16. The predicted molar refractivity (Wildman–Crippen MR) is 84.4 cm³/mol. The Hall–Kier alpha value is -2.27. The van der Waals surface area contributed by atoms with Gasteiger partial charge in [0.15, 0.2) is 17.9 Å². The van der Waals surface area contributed by atoms with Gasteiger partial charge in [-0.05, 0) is 6.92 Å². The summed E-state index contributed by atoms with van der Waals surface area (Å²) < 4.78 is 7.21. The summed E-state index contributed by atoms with van der Waals surface area (Å²) >= 11 is 0. The van der Waals surface area contributed by atoms with Gasteiger partial charge in [0.1, 0.15) is 29.8 Å². The molecular formula is C14H18N6O4. The maximum Gasteiger partial charge on any atom is 0.164 e. The van der Waals surface area contributed by atoms with Crippen LogP contribution in [-0.4, -0.2) is 67.7 Å². The lowest BCUT2D eigenvalue weighted by Crippen LogP contribution is -2.33. The molecule has 2 aliphatic heterocycles. The molecule has 4 atom stereocenters. The smallest absolute Gasteiger partial charge is 0.164 e. The average molecular weight is 334 g/mol. The van der Waals surface area contributed by atoms with E-state index in [2.05, 4.69) is 15.1 Å². The largest absolute Gasteiger partial charge is 0.394 e. The van der Waals surface area contributed by atoms with E-state index in [1.165, 1.54) is 0 Å². The molecule has 4 rings (SSSR count). The summed E-state index contributed by atoms with van der Waals surface area (Å²) in [7, 11) is 1.74. The Balaban J connectivity index is 1.93. The van der Waals surface area contributed by atoms with Crippen LogP contribution in [0.15, 0.2) is 11.3 Å². The summed E-state index contributed by atoms with van der Waals surface area (Å²) in [6.45, 7) is 1.35. The van der Waals surface area contributed by atoms with E-state index in [1.807, 2.05) is 0 Å². The molecule has 10 nitrogen and oxygen atoms in total. The molecule has 0 radical (unpaired) electrons. The maximum atomic E-state index is 10.3. The van der Waals surface area contributed by atoms with Gasteiger partial charge in [-0.1, -0.05) is 0 Å². The monoisotopic (exact) mass is 334 g/mol. The standard InChI is InChI=1S/C14H18N6O4/c1-5-16-12-8-6(11(15)18-19(12)2)3-20(13(8)17-5)14-10(23)9(22)7(4-21)24-14/h3,7,9-10,14,21-23H,4H2,1-2H3,(H2,15,18)/t7-,9-,10-,14-/m1/s1. The number of aryl methyl sites for hydroxylation is 1. The number of hydrogen-bond donors (Lipinski definition) is 4. The number of aliphatic hydroxyl groups excluding tert-OH is 3. The van der Waals surface area contributed by atoms with Crippen LogP contribution < -0.4 is 10.7 Å². The Morgan fingerprint density at radius 2 is 2.04 bits per heavy atom. The van der Waals surface area contributed by atoms with Crippen LogP contribution in [0.5, 0.6) is 0 Å². The third kappa shape index (κ3) is 1.94. The number of ether oxygens (including phenoxy) is 1. The molecular weight excluding hydrogens is 316 g/mol. The quantitative estimate of drug-likeness (QED) is 0.515. The van der Waals surface area contributed by atoms with Crippen LogP contribution in [-0.2, 0) is 4.74 Å². The van der Waals surface area contributed by atoms with Crippen molar-refractivity contribution in [1.82, 2.24) is 14.5 Å². The van der Waals surface area contributed by atoms with E-state index in [4.69, 9.17) is 10.5 Å². The van der Waals surface area contributed by atoms with Gasteiger partial charge in [-0.25, -0.2) is 15.0 Å². The van der Waals surface area contributed by atoms with Crippen molar-refractivity contribution >= 4 is 22.7 Å². The van der Waals surface area contributed by atoms with Gasteiger partial charge in [0.05, 0.1) is 12.0 Å². The molecule has 10 heteroatoms. The number of rotatable bonds is 2. The summed E-state index contributed by atoms with van der Waals surface area (Å²) in [4.78, 5) is 8.84. The molecule has 2 aromatic heterocycles. The molecule has 5 N–H and O–H groups in total. The first kappa shape index (κ1) is 15.3. The molecule has 0 unspecified atom stereocenters. The molecule has 24 heavy (non-hydrogen) atoms. The van der Waals surface area contributed by atoms with Crippen LogP contribution in [0.3, 0.4) is 0 Å². The number of anilines is 1. The highest BCUT2D eigenvalue weighted by atomic mass is 16.6. The minimum Gasteiger partial charge on any atom is -0.394 e. The van der Waals surface area contributed by atoms with Gasteiger partial charge in [-0.15, -0.1) is 0 Å². The number of aliphatic hydroxyl groups is 3. The fraction of sp³-hybridized carbons (Fsp3) is 0.500. The van der Waals surface area contributed by atoms with E-state index in [1.54, 1.807) is 29.7 Å². The fourth-order valence-corrected chi connectivity index (χ4v) is 3.23. The second-order valence-electron chi connectivity index (χ2n) is 5.98. The summed E-state index contributed by atoms with van der Waals surface area (Å²) in [5.74, 6) is 1.43. The summed E-state index contributed by atoms with van der Waals surface area (Å²) in [6, 6.07) is 0. The van der Waals surface area contributed by atoms with Crippen LogP contribution >= 0.6 is 0 Å². The maximum absolute atomic E-state index is 10.3. The van der Waals surface area contributed by atoms with Crippen LogP contribution in [0.1, 0.15) is 17.6 Å². The molecule has 0 bridgehead atoms. The van der Waals surface area contributed by atoms with Crippen molar-refractivity contribution < 1.29 is 20.1 Å². The zero-order valence-electron chi connectivity index (χ0n) is 13.2. The predicted octanol–water partition coefficient (Wildman–Crippen LogP) is -1.58.